The number of ether oxygens (including phenoxy) is 2. The summed E-state index contributed by atoms with van der Waals surface area (Å²) in [5.41, 5.74) is 1.22. The van der Waals surface area contributed by atoms with Gasteiger partial charge in [-0.1, -0.05) is 17.7 Å². The molecule has 0 radical (unpaired) electrons. The molecule has 0 aliphatic carbocycles. The molecular formula is C19H14ClIN2O5S. The maximum absolute atomic E-state index is 11.7. The summed E-state index contributed by atoms with van der Waals surface area (Å²) in [5.74, 6) is 0.289. The number of aliphatic carboxylic acids is 1. The van der Waals surface area contributed by atoms with Crippen LogP contribution < -0.4 is 9.47 Å². The summed E-state index contributed by atoms with van der Waals surface area (Å²) in [4.78, 5) is 11.7. The van der Waals surface area contributed by atoms with Crippen LogP contribution in [0.5, 0.6) is 11.5 Å². The van der Waals surface area contributed by atoms with E-state index in [-0.39, 0.29) is 16.0 Å². The largest absolute Gasteiger partial charge is 0.496 e. The third kappa shape index (κ3) is 5.22. The lowest BCUT2D eigenvalue weighted by Gasteiger charge is -2.05. The Balaban J connectivity index is 1.89. The highest BCUT2D eigenvalue weighted by molar-refractivity contribution is 14.1. The third-order valence-corrected chi connectivity index (χ3v) is 5.61. The molecule has 7 nitrogen and oxygen atoms in total. The van der Waals surface area contributed by atoms with Crippen molar-refractivity contribution >= 4 is 58.0 Å². The predicted molar refractivity (Wildman–Crippen MR) is 118 cm³/mol. The Morgan fingerprint density at radius 2 is 1.90 bits per heavy atom. The van der Waals surface area contributed by atoms with Crippen LogP contribution in [0, 0.1) is 3.57 Å². The van der Waals surface area contributed by atoms with Crippen molar-refractivity contribution in [3.63, 3.8) is 0 Å². The van der Waals surface area contributed by atoms with Crippen LogP contribution in [0.3, 0.4) is 0 Å². The molecule has 2 aromatic carbocycles. The monoisotopic (exact) mass is 544 g/mol. The number of rotatable bonds is 7. The van der Waals surface area contributed by atoms with Gasteiger partial charge >= 0.3 is 5.97 Å². The summed E-state index contributed by atoms with van der Waals surface area (Å²) in [6.07, 6.45) is 1.53. The van der Waals surface area contributed by atoms with Gasteiger partial charge in [0.25, 0.3) is 11.1 Å². The fraction of sp³-hybridized carbons (Fsp3) is 0.105. The van der Waals surface area contributed by atoms with Crippen LogP contribution in [-0.2, 0) is 4.79 Å². The van der Waals surface area contributed by atoms with Crippen molar-refractivity contribution < 1.29 is 23.8 Å². The zero-order valence-corrected chi connectivity index (χ0v) is 18.9. The van der Waals surface area contributed by atoms with Gasteiger partial charge in [0.05, 0.1) is 23.4 Å². The molecule has 10 heteroatoms. The number of carbonyl (C=O) groups is 1. The maximum atomic E-state index is 11.7. The van der Waals surface area contributed by atoms with Crippen LogP contribution in [0.25, 0.3) is 17.5 Å². The Morgan fingerprint density at radius 1 is 1.17 bits per heavy atom. The second-order valence-corrected chi connectivity index (χ2v) is 8.12. The third-order valence-electron chi connectivity index (χ3n) is 3.68. The van der Waals surface area contributed by atoms with Gasteiger partial charge in [-0.15, -0.1) is 10.2 Å². The number of carboxylic acid groups (broad SMARTS) is 1. The van der Waals surface area contributed by atoms with Gasteiger partial charge in [0.1, 0.15) is 16.4 Å². The molecule has 150 valence electrons. The van der Waals surface area contributed by atoms with E-state index in [1.54, 1.807) is 37.4 Å². The van der Waals surface area contributed by atoms with E-state index >= 15 is 0 Å². The number of hydrogen-bond acceptors (Lipinski definition) is 7. The van der Waals surface area contributed by atoms with Crippen LogP contribution in [0.15, 0.2) is 50.9 Å². The quantitative estimate of drug-likeness (QED) is 0.246. The summed E-state index contributed by atoms with van der Waals surface area (Å²) in [7, 11) is 3.09. The van der Waals surface area contributed by atoms with Gasteiger partial charge in [-0.05, 0) is 76.3 Å². The predicted octanol–water partition coefficient (Wildman–Crippen LogP) is 5.23. The maximum Gasteiger partial charge on any atom is 0.342 e. The van der Waals surface area contributed by atoms with Crippen molar-refractivity contribution in [1.82, 2.24) is 10.2 Å². The molecule has 29 heavy (non-hydrogen) atoms. The normalized spacial score (nSPS) is 11.4. The van der Waals surface area contributed by atoms with Crippen molar-refractivity contribution in [1.29, 1.82) is 0 Å². The molecule has 0 atom stereocenters. The Bertz CT molecular complexity index is 1090. The van der Waals surface area contributed by atoms with E-state index in [1.807, 2.05) is 6.07 Å². The first-order valence-electron chi connectivity index (χ1n) is 8.05. The summed E-state index contributed by atoms with van der Waals surface area (Å²) >= 11 is 9.01. The SMILES string of the molecule is COc1ccc(/C=C(\Sc2nnc(-c3cc(Cl)ccc3OC)o2)C(=O)O)cc1I. The fourth-order valence-electron chi connectivity index (χ4n) is 2.36. The first-order chi connectivity index (χ1) is 13.9. The van der Waals surface area contributed by atoms with E-state index in [2.05, 4.69) is 32.8 Å². The molecule has 0 spiro atoms. The van der Waals surface area contributed by atoms with Gasteiger partial charge in [0.2, 0.25) is 0 Å². The lowest BCUT2D eigenvalue weighted by Crippen LogP contribution is -1.97. The van der Waals surface area contributed by atoms with E-state index < -0.39 is 5.97 Å². The Kier molecular flexibility index (Phi) is 7.04. The summed E-state index contributed by atoms with van der Waals surface area (Å²) in [6, 6.07) is 10.4. The summed E-state index contributed by atoms with van der Waals surface area (Å²) in [6.45, 7) is 0. The van der Waals surface area contributed by atoms with Crippen LogP contribution in [0.4, 0.5) is 0 Å². The molecule has 0 unspecified atom stereocenters. The summed E-state index contributed by atoms with van der Waals surface area (Å²) < 4.78 is 17.0. The number of benzene rings is 2. The van der Waals surface area contributed by atoms with Gasteiger partial charge in [-0.2, -0.15) is 0 Å². The molecule has 1 aromatic heterocycles. The highest BCUT2D eigenvalue weighted by Crippen LogP contribution is 2.35. The van der Waals surface area contributed by atoms with Crippen molar-refractivity contribution in [2.45, 2.75) is 5.22 Å². The minimum absolute atomic E-state index is 0.0271. The number of nitrogens with zero attached hydrogens (tertiary/aromatic N) is 2. The molecule has 1 N–H and O–H groups in total. The van der Waals surface area contributed by atoms with Crippen molar-refractivity contribution in [2.75, 3.05) is 14.2 Å². The molecular weight excluding hydrogens is 531 g/mol. The van der Waals surface area contributed by atoms with E-state index in [0.29, 0.717) is 27.6 Å². The van der Waals surface area contributed by atoms with Gasteiger partial charge < -0.3 is 19.0 Å². The van der Waals surface area contributed by atoms with Crippen molar-refractivity contribution in [3.8, 4) is 23.0 Å². The molecule has 0 saturated carbocycles. The Morgan fingerprint density at radius 3 is 2.55 bits per heavy atom. The van der Waals surface area contributed by atoms with Crippen molar-refractivity contribution in [2.24, 2.45) is 0 Å². The second kappa shape index (κ2) is 9.51. The molecule has 0 aliphatic rings. The van der Waals surface area contributed by atoms with Crippen LogP contribution in [0.1, 0.15) is 5.56 Å². The fourth-order valence-corrected chi connectivity index (χ4v) is 3.96. The number of hydrogen-bond donors (Lipinski definition) is 1. The number of aromatic nitrogens is 2. The van der Waals surface area contributed by atoms with Gasteiger partial charge in [-0.3, -0.25) is 0 Å². The van der Waals surface area contributed by atoms with E-state index in [0.717, 1.165) is 15.3 Å². The number of halogens is 2. The number of thioether (sulfide) groups is 1. The minimum Gasteiger partial charge on any atom is -0.496 e. The molecule has 0 saturated heterocycles. The smallest absolute Gasteiger partial charge is 0.342 e. The molecule has 0 fully saturated rings. The average Bonchev–Trinajstić information content (AvgIpc) is 3.16. The van der Waals surface area contributed by atoms with Crippen molar-refractivity contribution in [3.05, 3.63) is 55.5 Å². The standard InChI is InChI=1S/C19H14ClIN2O5S/c1-26-14-6-4-11(20)9-12(14)17-22-23-19(28-17)29-16(18(24)25)8-10-3-5-15(27-2)13(21)7-10/h3-9H,1-2H3,(H,24,25)/b16-8-. The Labute approximate surface area is 189 Å². The molecule has 3 aromatic rings. The average molecular weight is 545 g/mol. The van der Waals surface area contributed by atoms with E-state index in [9.17, 15) is 9.90 Å². The first-order valence-corrected chi connectivity index (χ1v) is 10.3. The molecule has 0 bridgehead atoms. The van der Waals surface area contributed by atoms with Gasteiger partial charge in [-0.25, -0.2) is 4.79 Å². The van der Waals surface area contributed by atoms with E-state index in [1.165, 1.54) is 13.2 Å². The zero-order valence-electron chi connectivity index (χ0n) is 15.2. The van der Waals surface area contributed by atoms with Crippen LogP contribution in [-0.4, -0.2) is 35.5 Å². The first kappa shape index (κ1) is 21.5. The van der Waals surface area contributed by atoms with Crippen LogP contribution >= 0.6 is 46.0 Å². The van der Waals surface area contributed by atoms with E-state index in [4.69, 9.17) is 25.5 Å². The lowest BCUT2D eigenvalue weighted by atomic mass is 10.2. The Hall–Kier alpha value is -2.24. The lowest BCUT2D eigenvalue weighted by molar-refractivity contribution is -0.131. The molecule has 1 heterocycles. The zero-order chi connectivity index (χ0) is 21.0. The second-order valence-electron chi connectivity index (χ2n) is 5.53. The summed E-state index contributed by atoms with van der Waals surface area (Å²) in [5, 5.41) is 18.0. The van der Waals surface area contributed by atoms with Gasteiger partial charge in [0.15, 0.2) is 0 Å². The minimum atomic E-state index is -1.11. The topological polar surface area (TPSA) is 94.7 Å². The van der Waals surface area contributed by atoms with Crippen LogP contribution in [0.2, 0.25) is 5.02 Å². The highest BCUT2D eigenvalue weighted by Gasteiger charge is 2.18. The van der Waals surface area contributed by atoms with Gasteiger partial charge in [0, 0.05) is 5.02 Å². The number of carboxylic acids is 1. The molecule has 0 aliphatic heterocycles. The highest BCUT2D eigenvalue weighted by atomic mass is 127. The molecule has 3 rings (SSSR count). The molecule has 0 amide bonds. The number of methoxy groups -OCH3 is 2.